The fourth-order valence-corrected chi connectivity index (χ4v) is 1.53. The third-order valence-corrected chi connectivity index (χ3v) is 2.41. The second kappa shape index (κ2) is 5.61. The summed E-state index contributed by atoms with van der Waals surface area (Å²) in [7, 11) is 2.85. The standard InChI is InChI=1S/C12H15F2NO2/c1-8-4-5-10(17-3)9(6-8)7-15(2)12(16)11(13)14/h4-6,11H,7H2,1-3H3. The lowest BCUT2D eigenvalue weighted by Gasteiger charge is -2.18. The highest BCUT2D eigenvalue weighted by Crippen LogP contribution is 2.21. The van der Waals surface area contributed by atoms with Gasteiger partial charge in [-0.2, -0.15) is 8.78 Å². The summed E-state index contributed by atoms with van der Waals surface area (Å²) >= 11 is 0. The van der Waals surface area contributed by atoms with Crippen molar-refractivity contribution >= 4 is 5.91 Å². The van der Waals surface area contributed by atoms with Crippen molar-refractivity contribution in [3.8, 4) is 5.75 Å². The van der Waals surface area contributed by atoms with Gasteiger partial charge in [0.1, 0.15) is 5.75 Å². The maximum Gasteiger partial charge on any atom is 0.315 e. The Labute approximate surface area is 99.0 Å². The topological polar surface area (TPSA) is 29.5 Å². The minimum Gasteiger partial charge on any atom is -0.496 e. The quantitative estimate of drug-likeness (QED) is 0.811. The van der Waals surface area contributed by atoms with Crippen molar-refractivity contribution in [1.29, 1.82) is 0 Å². The van der Waals surface area contributed by atoms with E-state index in [0.717, 1.165) is 10.5 Å². The molecular formula is C12H15F2NO2. The number of rotatable bonds is 4. The molecule has 1 aromatic rings. The van der Waals surface area contributed by atoms with Crippen LogP contribution in [0, 0.1) is 6.92 Å². The van der Waals surface area contributed by atoms with Crippen LogP contribution in [0.15, 0.2) is 18.2 Å². The van der Waals surface area contributed by atoms with Crippen molar-refractivity contribution in [3.05, 3.63) is 29.3 Å². The second-order valence-corrected chi connectivity index (χ2v) is 3.81. The van der Waals surface area contributed by atoms with E-state index >= 15 is 0 Å². The van der Waals surface area contributed by atoms with Crippen molar-refractivity contribution in [2.45, 2.75) is 19.9 Å². The van der Waals surface area contributed by atoms with Crippen molar-refractivity contribution in [2.75, 3.05) is 14.2 Å². The van der Waals surface area contributed by atoms with Crippen LogP contribution in [-0.4, -0.2) is 31.4 Å². The monoisotopic (exact) mass is 243 g/mol. The average Bonchev–Trinajstić information content (AvgIpc) is 2.28. The number of halogens is 2. The Morgan fingerprint density at radius 2 is 2.12 bits per heavy atom. The van der Waals surface area contributed by atoms with Gasteiger partial charge in [-0.3, -0.25) is 4.79 Å². The average molecular weight is 243 g/mol. The lowest BCUT2D eigenvalue weighted by atomic mass is 10.1. The molecule has 0 aliphatic rings. The molecule has 0 fully saturated rings. The number of methoxy groups -OCH3 is 1. The van der Waals surface area contributed by atoms with E-state index < -0.39 is 12.3 Å². The lowest BCUT2D eigenvalue weighted by Crippen LogP contribution is -2.31. The third kappa shape index (κ3) is 3.41. The highest BCUT2D eigenvalue weighted by atomic mass is 19.3. The largest absolute Gasteiger partial charge is 0.496 e. The number of hydrogen-bond donors (Lipinski definition) is 0. The minimum absolute atomic E-state index is 0.105. The van der Waals surface area contributed by atoms with Crippen molar-refractivity contribution < 1.29 is 18.3 Å². The van der Waals surface area contributed by atoms with Gasteiger partial charge in [-0.25, -0.2) is 0 Å². The molecule has 0 radical (unpaired) electrons. The summed E-state index contributed by atoms with van der Waals surface area (Å²) in [4.78, 5) is 12.1. The van der Waals surface area contributed by atoms with E-state index in [-0.39, 0.29) is 6.54 Å². The van der Waals surface area contributed by atoms with E-state index in [9.17, 15) is 13.6 Å². The summed E-state index contributed by atoms with van der Waals surface area (Å²) in [6, 6.07) is 5.43. The van der Waals surface area contributed by atoms with Crippen LogP contribution in [-0.2, 0) is 11.3 Å². The third-order valence-electron chi connectivity index (χ3n) is 2.41. The molecule has 0 atom stereocenters. The first kappa shape index (κ1) is 13.4. The summed E-state index contributed by atoms with van der Waals surface area (Å²) in [6.45, 7) is 1.99. The van der Waals surface area contributed by atoms with Gasteiger partial charge in [-0.15, -0.1) is 0 Å². The molecule has 0 spiro atoms. The van der Waals surface area contributed by atoms with E-state index in [1.54, 1.807) is 6.07 Å². The molecule has 1 amide bonds. The first-order valence-corrected chi connectivity index (χ1v) is 5.12. The molecule has 94 valence electrons. The molecule has 17 heavy (non-hydrogen) atoms. The molecule has 1 rings (SSSR count). The predicted molar refractivity (Wildman–Crippen MR) is 60.2 cm³/mol. The van der Waals surface area contributed by atoms with Gasteiger partial charge in [0.15, 0.2) is 0 Å². The number of benzene rings is 1. The van der Waals surface area contributed by atoms with Gasteiger partial charge in [-0.1, -0.05) is 17.7 Å². The van der Waals surface area contributed by atoms with E-state index in [1.807, 2.05) is 19.1 Å². The Kier molecular flexibility index (Phi) is 4.43. The summed E-state index contributed by atoms with van der Waals surface area (Å²) in [5.41, 5.74) is 1.70. The van der Waals surface area contributed by atoms with Gasteiger partial charge in [-0.05, 0) is 13.0 Å². The summed E-state index contributed by atoms with van der Waals surface area (Å²) < 4.78 is 29.6. The van der Waals surface area contributed by atoms with Gasteiger partial charge in [0.2, 0.25) is 0 Å². The zero-order valence-corrected chi connectivity index (χ0v) is 10.0. The second-order valence-electron chi connectivity index (χ2n) is 3.81. The molecule has 0 N–H and O–H groups in total. The van der Waals surface area contributed by atoms with Crippen LogP contribution in [0.4, 0.5) is 8.78 Å². The molecule has 5 heteroatoms. The number of carbonyl (C=O) groups is 1. The molecular weight excluding hydrogens is 228 g/mol. The first-order valence-electron chi connectivity index (χ1n) is 5.12. The molecule has 0 aliphatic heterocycles. The Morgan fingerprint density at radius 3 is 2.65 bits per heavy atom. The maximum absolute atomic E-state index is 12.2. The number of carbonyl (C=O) groups excluding carboxylic acids is 1. The number of hydrogen-bond acceptors (Lipinski definition) is 2. The van der Waals surface area contributed by atoms with Crippen molar-refractivity contribution in [2.24, 2.45) is 0 Å². The van der Waals surface area contributed by atoms with Crippen LogP contribution in [0.5, 0.6) is 5.75 Å². The Balaban J connectivity index is 2.87. The predicted octanol–water partition coefficient (Wildman–Crippen LogP) is 2.23. The first-order chi connectivity index (χ1) is 7.95. The smallest absolute Gasteiger partial charge is 0.315 e. The lowest BCUT2D eigenvalue weighted by molar-refractivity contribution is -0.141. The van der Waals surface area contributed by atoms with Gasteiger partial charge >= 0.3 is 6.43 Å². The van der Waals surface area contributed by atoms with E-state index in [1.165, 1.54) is 14.2 Å². The number of alkyl halides is 2. The molecule has 0 saturated carbocycles. The molecule has 0 saturated heterocycles. The zero-order chi connectivity index (χ0) is 13.0. The highest BCUT2D eigenvalue weighted by molar-refractivity contribution is 5.79. The Hall–Kier alpha value is -1.65. The minimum atomic E-state index is -2.98. The molecule has 0 aromatic heterocycles. The van der Waals surface area contributed by atoms with Crippen LogP contribution in [0.25, 0.3) is 0 Å². The normalized spacial score (nSPS) is 10.5. The van der Waals surface area contributed by atoms with E-state index in [2.05, 4.69) is 0 Å². The van der Waals surface area contributed by atoms with Gasteiger partial charge < -0.3 is 9.64 Å². The highest BCUT2D eigenvalue weighted by Gasteiger charge is 2.21. The SMILES string of the molecule is COc1ccc(C)cc1CN(C)C(=O)C(F)F. The van der Waals surface area contributed by atoms with E-state index in [4.69, 9.17) is 4.74 Å². The Bertz CT molecular complexity index is 407. The zero-order valence-electron chi connectivity index (χ0n) is 10.0. The number of nitrogens with zero attached hydrogens (tertiary/aromatic N) is 1. The van der Waals surface area contributed by atoms with Crippen LogP contribution >= 0.6 is 0 Å². The van der Waals surface area contributed by atoms with Gasteiger partial charge in [0.05, 0.1) is 7.11 Å². The molecule has 0 aliphatic carbocycles. The summed E-state index contributed by atoms with van der Waals surface area (Å²) in [6.07, 6.45) is -2.98. The van der Waals surface area contributed by atoms with Gasteiger partial charge in [0.25, 0.3) is 5.91 Å². The fraction of sp³-hybridized carbons (Fsp3) is 0.417. The number of ether oxygens (including phenoxy) is 1. The van der Waals surface area contributed by atoms with Crippen LogP contribution in [0.2, 0.25) is 0 Å². The molecule has 0 unspecified atom stereocenters. The molecule has 0 bridgehead atoms. The summed E-state index contributed by atoms with van der Waals surface area (Å²) in [5, 5.41) is 0. The van der Waals surface area contributed by atoms with Gasteiger partial charge in [0, 0.05) is 19.2 Å². The van der Waals surface area contributed by atoms with Crippen LogP contribution in [0.1, 0.15) is 11.1 Å². The Morgan fingerprint density at radius 1 is 1.47 bits per heavy atom. The molecule has 3 nitrogen and oxygen atoms in total. The van der Waals surface area contributed by atoms with Crippen molar-refractivity contribution in [1.82, 2.24) is 4.90 Å². The van der Waals surface area contributed by atoms with Crippen LogP contribution < -0.4 is 4.74 Å². The summed E-state index contributed by atoms with van der Waals surface area (Å²) in [5.74, 6) is -0.599. The molecule has 1 aromatic carbocycles. The number of aryl methyl sites for hydroxylation is 1. The molecule has 0 heterocycles. The van der Waals surface area contributed by atoms with E-state index in [0.29, 0.717) is 11.3 Å². The number of amides is 1. The fourth-order valence-electron chi connectivity index (χ4n) is 1.53. The van der Waals surface area contributed by atoms with Crippen LogP contribution in [0.3, 0.4) is 0 Å². The van der Waals surface area contributed by atoms with Crippen molar-refractivity contribution in [3.63, 3.8) is 0 Å². The maximum atomic E-state index is 12.2.